The van der Waals surface area contributed by atoms with E-state index < -0.39 is 5.60 Å². The summed E-state index contributed by atoms with van der Waals surface area (Å²) in [6, 6.07) is 17.2. The van der Waals surface area contributed by atoms with Gasteiger partial charge in [0.15, 0.2) is 12.0 Å². The van der Waals surface area contributed by atoms with Crippen molar-refractivity contribution in [2.75, 3.05) is 0 Å². The maximum atomic E-state index is 6.27. The summed E-state index contributed by atoms with van der Waals surface area (Å²) in [6.07, 6.45) is 1.64. The first kappa shape index (κ1) is 15.8. The molecule has 120 valence electrons. The molecule has 0 saturated heterocycles. The number of nitrogens with zero attached hydrogens (tertiary/aromatic N) is 1. The van der Waals surface area contributed by atoms with E-state index in [0.29, 0.717) is 0 Å². The number of benzene rings is 2. The van der Waals surface area contributed by atoms with Gasteiger partial charge in [-0.25, -0.2) is 4.99 Å². The van der Waals surface area contributed by atoms with Crippen LogP contribution in [0.15, 0.2) is 53.5 Å². The molecule has 2 heteroatoms. The molecule has 1 unspecified atom stereocenters. The largest absolute Gasteiger partial charge is 0.465 e. The lowest BCUT2D eigenvalue weighted by Gasteiger charge is -2.40. The van der Waals surface area contributed by atoms with Crippen molar-refractivity contribution in [3.05, 3.63) is 70.8 Å². The van der Waals surface area contributed by atoms with Gasteiger partial charge in [-0.3, -0.25) is 0 Å². The van der Waals surface area contributed by atoms with Gasteiger partial charge < -0.3 is 4.74 Å². The molecule has 0 fully saturated rings. The second-order valence-electron chi connectivity index (χ2n) is 7.62. The van der Waals surface area contributed by atoms with E-state index >= 15 is 0 Å². The summed E-state index contributed by atoms with van der Waals surface area (Å²) >= 11 is 0. The highest BCUT2D eigenvalue weighted by Crippen LogP contribution is 2.47. The second-order valence-corrected chi connectivity index (χ2v) is 7.62. The van der Waals surface area contributed by atoms with Gasteiger partial charge in [0.2, 0.25) is 0 Å². The smallest absolute Gasteiger partial charge is 0.183 e. The lowest BCUT2D eigenvalue weighted by Crippen LogP contribution is -2.45. The molecular weight excluding hydrogens is 282 g/mol. The zero-order valence-electron chi connectivity index (χ0n) is 14.6. The summed E-state index contributed by atoms with van der Waals surface area (Å²) in [5, 5.41) is 0. The van der Waals surface area contributed by atoms with Gasteiger partial charge in [0.1, 0.15) is 6.04 Å². The number of aliphatic imine (C=N–C) groups is 1. The van der Waals surface area contributed by atoms with Crippen molar-refractivity contribution in [2.45, 2.75) is 46.3 Å². The Labute approximate surface area is 139 Å². The average molecular weight is 307 g/mol. The maximum Gasteiger partial charge on any atom is 0.183 e. The van der Waals surface area contributed by atoms with Crippen molar-refractivity contribution in [2.24, 2.45) is 10.4 Å². The molecule has 1 aliphatic rings. The van der Waals surface area contributed by atoms with Crippen molar-refractivity contribution in [1.29, 1.82) is 0 Å². The lowest BCUT2D eigenvalue weighted by molar-refractivity contribution is 0.0595. The Balaban J connectivity index is 2.26. The van der Waals surface area contributed by atoms with Gasteiger partial charge in [0.25, 0.3) is 0 Å². The lowest BCUT2D eigenvalue weighted by atomic mass is 9.70. The van der Waals surface area contributed by atoms with Gasteiger partial charge in [-0.2, -0.15) is 0 Å². The molecule has 0 N–H and O–H groups in total. The third-order valence-corrected chi connectivity index (χ3v) is 4.55. The minimum Gasteiger partial charge on any atom is -0.465 e. The molecular formula is C21H25NO. The van der Waals surface area contributed by atoms with Crippen LogP contribution in [-0.2, 0) is 10.3 Å². The Kier molecular flexibility index (Phi) is 3.79. The van der Waals surface area contributed by atoms with Crippen LogP contribution in [0.4, 0.5) is 0 Å². The van der Waals surface area contributed by atoms with Gasteiger partial charge in [0.05, 0.1) is 0 Å². The average Bonchev–Trinajstić information content (AvgIpc) is 2.93. The molecule has 2 aromatic rings. The van der Waals surface area contributed by atoms with Crippen LogP contribution in [0.25, 0.3) is 0 Å². The van der Waals surface area contributed by atoms with Crippen LogP contribution in [0.3, 0.4) is 0 Å². The van der Waals surface area contributed by atoms with Crippen LogP contribution >= 0.6 is 0 Å². The van der Waals surface area contributed by atoms with Gasteiger partial charge in [-0.1, -0.05) is 80.4 Å². The molecule has 0 bridgehead atoms. The van der Waals surface area contributed by atoms with E-state index in [1.165, 1.54) is 22.3 Å². The third kappa shape index (κ3) is 2.67. The van der Waals surface area contributed by atoms with E-state index in [2.05, 4.69) is 83.1 Å². The number of hydrogen-bond acceptors (Lipinski definition) is 2. The summed E-state index contributed by atoms with van der Waals surface area (Å²) in [6.45, 7) is 10.9. The van der Waals surface area contributed by atoms with E-state index in [1.54, 1.807) is 6.40 Å². The molecule has 0 saturated carbocycles. The van der Waals surface area contributed by atoms with Crippen molar-refractivity contribution in [1.82, 2.24) is 0 Å². The summed E-state index contributed by atoms with van der Waals surface area (Å²) < 4.78 is 6.27. The fourth-order valence-corrected chi connectivity index (χ4v) is 3.55. The third-order valence-electron chi connectivity index (χ3n) is 4.55. The molecule has 2 aromatic carbocycles. The molecule has 0 amide bonds. The highest BCUT2D eigenvalue weighted by molar-refractivity contribution is 5.58. The first-order valence-corrected chi connectivity index (χ1v) is 8.18. The van der Waals surface area contributed by atoms with Gasteiger partial charge in [-0.05, 0) is 19.3 Å². The van der Waals surface area contributed by atoms with Gasteiger partial charge in [0, 0.05) is 11.1 Å². The Morgan fingerprint density at radius 2 is 1.43 bits per heavy atom. The molecule has 2 nitrogen and oxygen atoms in total. The van der Waals surface area contributed by atoms with E-state index in [0.717, 1.165) is 0 Å². The van der Waals surface area contributed by atoms with Crippen LogP contribution in [-0.4, -0.2) is 12.4 Å². The van der Waals surface area contributed by atoms with Crippen LogP contribution in [0.2, 0.25) is 0 Å². The summed E-state index contributed by atoms with van der Waals surface area (Å²) in [7, 11) is 0. The predicted molar refractivity (Wildman–Crippen MR) is 96.0 cm³/mol. The Morgan fingerprint density at radius 3 is 1.87 bits per heavy atom. The van der Waals surface area contributed by atoms with Crippen molar-refractivity contribution in [3.63, 3.8) is 0 Å². The van der Waals surface area contributed by atoms with Crippen LogP contribution < -0.4 is 0 Å². The summed E-state index contributed by atoms with van der Waals surface area (Å²) in [5.41, 5.74) is 4.23. The van der Waals surface area contributed by atoms with Crippen molar-refractivity contribution >= 4 is 6.40 Å². The molecule has 23 heavy (non-hydrogen) atoms. The zero-order valence-corrected chi connectivity index (χ0v) is 14.6. The molecule has 1 atom stereocenters. The van der Waals surface area contributed by atoms with E-state index in [-0.39, 0.29) is 11.5 Å². The van der Waals surface area contributed by atoms with Crippen LogP contribution in [0.5, 0.6) is 0 Å². The fraction of sp³-hybridized carbons (Fsp3) is 0.381. The Morgan fingerprint density at radius 1 is 0.913 bits per heavy atom. The SMILES string of the molecule is Cc1cccc(C2(c3cccc(C)c3)OC=NC2C(C)(C)C)c1. The van der Waals surface area contributed by atoms with Gasteiger partial charge in [-0.15, -0.1) is 0 Å². The molecule has 0 spiro atoms. The fourth-order valence-electron chi connectivity index (χ4n) is 3.55. The number of ether oxygens (including phenoxy) is 1. The van der Waals surface area contributed by atoms with Crippen LogP contribution in [0.1, 0.15) is 43.0 Å². The zero-order chi connectivity index (χ0) is 16.7. The molecule has 0 radical (unpaired) electrons. The first-order chi connectivity index (χ1) is 10.8. The standard InChI is InChI=1S/C21H25NO/c1-15-8-6-10-17(12-15)21(18-11-7-9-16(2)13-18)19(20(3,4)5)22-14-23-21/h6-14,19H,1-5H3. The normalized spacial score (nSPS) is 19.6. The van der Waals surface area contributed by atoms with E-state index in [4.69, 9.17) is 9.73 Å². The van der Waals surface area contributed by atoms with E-state index in [9.17, 15) is 0 Å². The Hall–Kier alpha value is -2.09. The quantitative estimate of drug-likeness (QED) is 0.763. The van der Waals surface area contributed by atoms with Gasteiger partial charge >= 0.3 is 0 Å². The van der Waals surface area contributed by atoms with Crippen molar-refractivity contribution < 1.29 is 4.74 Å². The van der Waals surface area contributed by atoms with Crippen molar-refractivity contribution in [3.8, 4) is 0 Å². The number of rotatable bonds is 2. The second kappa shape index (κ2) is 5.52. The number of hydrogen-bond donors (Lipinski definition) is 0. The topological polar surface area (TPSA) is 21.6 Å². The Bertz CT molecular complexity index is 694. The minimum absolute atomic E-state index is 0.0134. The monoisotopic (exact) mass is 307 g/mol. The molecule has 3 rings (SSSR count). The first-order valence-electron chi connectivity index (χ1n) is 8.18. The summed E-state index contributed by atoms with van der Waals surface area (Å²) in [5.74, 6) is 0. The molecule has 1 heterocycles. The highest BCUT2D eigenvalue weighted by atomic mass is 16.5. The molecule has 0 aromatic heterocycles. The molecule has 0 aliphatic carbocycles. The van der Waals surface area contributed by atoms with Crippen LogP contribution in [0, 0.1) is 19.3 Å². The molecule has 1 aliphatic heterocycles. The predicted octanol–water partition coefficient (Wildman–Crippen LogP) is 5.02. The minimum atomic E-state index is -0.559. The summed E-state index contributed by atoms with van der Waals surface area (Å²) in [4.78, 5) is 4.73. The maximum absolute atomic E-state index is 6.27. The number of aryl methyl sites for hydroxylation is 2. The highest BCUT2D eigenvalue weighted by Gasteiger charge is 2.52. The van der Waals surface area contributed by atoms with E-state index in [1.807, 2.05) is 0 Å².